The Bertz CT molecular complexity index is 980. The van der Waals surface area contributed by atoms with Crippen LogP contribution in [-0.4, -0.2) is 45.6 Å². The number of thiophene rings is 1. The molecule has 0 spiro atoms. The summed E-state index contributed by atoms with van der Waals surface area (Å²) in [6.07, 6.45) is 0. The number of benzene rings is 1. The van der Waals surface area contributed by atoms with Gasteiger partial charge in [0, 0.05) is 30.1 Å². The molecule has 0 unspecified atom stereocenters. The van der Waals surface area contributed by atoms with Crippen molar-refractivity contribution >= 4 is 38.6 Å². The number of hydrogen-bond acceptors (Lipinski definition) is 8. The highest BCUT2D eigenvalue weighted by molar-refractivity contribution is 7.92. The second kappa shape index (κ2) is 7.62. The molecular formula is C16H17N3O6S2. The van der Waals surface area contributed by atoms with Crippen molar-refractivity contribution in [3.05, 3.63) is 50.9 Å². The van der Waals surface area contributed by atoms with Crippen LogP contribution >= 0.6 is 11.3 Å². The van der Waals surface area contributed by atoms with E-state index in [1.54, 1.807) is 13.0 Å². The molecule has 9 nitrogen and oxygen atoms in total. The van der Waals surface area contributed by atoms with E-state index in [1.165, 1.54) is 18.2 Å². The summed E-state index contributed by atoms with van der Waals surface area (Å²) in [6, 6.07) is 6.89. The van der Waals surface area contributed by atoms with E-state index >= 15 is 0 Å². The van der Waals surface area contributed by atoms with Crippen molar-refractivity contribution < 1.29 is 22.9 Å². The first-order chi connectivity index (χ1) is 12.8. The first kappa shape index (κ1) is 19.3. The van der Waals surface area contributed by atoms with Gasteiger partial charge < -0.3 is 9.64 Å². The lowest BCUT2D eigenvalue weighted by Crippen LogP contribution is -2.38. The van der Waals surface area contributed by atoms with Gasteiger partial charge in [0.2, 0.25) is 0 Å². The number of carbonyl (C=O) groups is 1. The summed E-state index contributed by atoms with van der Waals surface area (Å²) >= 11 is 1.03. The fourth-order valence-corrected chi connectivity index (χ4v) is 4.93. The summed E-state index contributed by atoms with van der Waals surface area (Å²) < 4.78 is 32.2. The number of morpholine rings is 1. The molecule has 0 atom stereocenters. The molecule has 2 heterocycles. The van der Waals surface area contributed by atoms with Gasteiger partial charge >= 0.3 is 0 Å². The first-order valence-electron chi connectivity index (χ1n) is 8.02. The standard InChI is InChI=1S/C16H17N3O6S2/c1-11-2-5-15(26-11)27(23,24)17-16(20)13-10-12(19(21)22)3-4-14(13)18-6-8-25-9-7-18/h2-5,10H,6-9H2,1H3,(H,17,20). The van der Waals surface area contributed by atoms with Crippen LogP contribution in [0.3, 0.4) is 0 Å². The molecule has 0 aliphatic carbocycles. The summed E-state index contributed by atoms with van der Waals surface area (Å²) in [5.74, 6) is -0.911. The van der Waals surface area contributed by atoms with Crippen LogP contribution in [0, 0.1) is 17.0 Å². The molecule has 0 saturated carbocycles. The van der Waals surface area contributed by atoms with Crippen LogP contribution in [0.2, 0.25) is 0 Å². The molecule has 1 saturated heterocycles. The maximum absolute atomic E-state index is 12.7. The van der Waals surface area contributed by atoms with Gasteiger partial charge in [0.1, 0.15) is 4.21 Å². The fourth-order valence-electron chi connectivity index (χ4n) is 2.68. The van der Waals surface area contributed by atoms with Crippen LogP contribution in [0.4, 0.5) is 11.4 Å². The number of nitrogens with zero attached hydrogens (tertiary/aromatic N) is 2. The monoisotopic (exact) mass is 411 g/mol. The molecule has 1 aromatic carbocycles. The second-order valence-corrected chi connectivity index (χ2v) is 9.05. The lowest BCUT2D eigenvalue weighted by atomic mass is 10.1. The molecule has 27 heavy (non-hydrogen) atoms. The summed E-state index contributed by atoms with van der Waals surface area (Å²) in [7, 11) is -4.06. The third-order valence-corrected chi connectivity index (χ3v) is 6.82. The van der Waals surface area contributed by atoms with E-state index in [0.29, 0.717) is 32.0 Å². The molecule has 0 radical (unpaired) electrons. The Labute approximate surface area is 159 Å². The lowest BCUT2D eigenvalue weighted by Gasteiger charge is -2.30. The van der Waals surface area contributed by atoms with Crippen LogP contribution in [0.1, 0.15) is 15.2 Å². The van der Waals surface area contributed by atoms with Gasteiger partial charge in [-0.15, -0.1) is 11.3 Å². The van der Waals surface area contributed by atoms with E-state index < -0.39 is 20.9 Å². The molecule has 144 valence electrons. The van der Waals surface area contributed by atoms with Crippen molar-refractivity contribution in [2.75, 3.05) is 31.2 Å². The Kier molecular flexibility index (Phi) is 5.44. The highest BCUT2D eigenvalue weighted by Gasteiger charge is 2.26. The highest BCUT2D eigenvalue weighted by Crippen LogP contribution is 2.27. The number of nitro benzene ring substituents is 1. The van der Waals surface area contributed by atoms with Crippen LogP contribution in [0.25, 0.3) is 0 Å². The number of carbonyl (C=O) groups excluding carboxylic acids is 1. The predicted octanol–water partition coefficient (Wildman–Crippen LogP) is 1.92. The van der Waals surface area contributed by atoms with Crippen molar-refractivity contribution in [3.63, 3.8) is 0 Å². The summed E-state index contributed by atoms with van der Waals surface area (Å²) in [6.45, 7) is 3.64. The molecule has 1 aliphatic rings. The van der Waals surface area contributed by atoms with Crippen molar-refractivity contribution in [3.8, 4) is 0 Å². The average molecular weight is 411 g/mol. The minimum absolute atomic E-state index is 0.00621. The van der Waals surface area contributed by atoms with Gasteiger partial charge in [-0.3, -0.25) is 14.9 Å². The maximum atomic E-state index is 12.7. The normalized spacial score (nSPS) is 14.8. The number of ether oxygens (including phenoxy) is 1. The third kappa shape index (κ3) is 4.26. The molecule has 1 aliphatic heterocycles. The topological polar surface area (TPSA) is 119 Å². The predicted molar refractivity (Wildman–Crippen MR) is 99.8 cm³/mol. The number of non-ortho nitro benzene ring substituents is 1. The Morgan fingerprint density at radius 1 is 1.26 bits per heavy atom. The number of hydrogen-bond donors (Lipinski definition) is 1. The van der Waals surface area contributed by atoms with Gasteiger partial charge in [0.15, 0.2) is 0 Å². The number of sulfonamides is 1. The van der Waals surface area contributed by atoms with E-state index in [9.17, 15) is 23.3 Å². The molecule has 0 bridgehead atoms. The Morgan fingerprint density at radius 2 is 1.96 bits per heavy atom. The van der Waals surface area contributed by atoms with Gasteiger partial charge in [-0.25, -0.2) is 13.1 Å². The molecule has 1 aromatic heterocycles. The Balaban J connectivity index is 1.96. The number of nitrogens with one attached hydrogen (secondary N) is 1. The van der Waals surface area contributed by atoms with Crippen LogP contribution in [0.5, 0.6) is 0 Å². The first-order valence-corrected chi connectivity index (χ1v) is 10.3. The largest absolute Gasteiger partial charge is 0.378 e. The Morgan fingerprint density at radius 3 is 2.56 bits per heavy atom. The zero-order valence-corrected chi connectivity index (χ0v) is 16.0. The van der Waals surface area contributed by atoms with Crippen molar-refractivity contribution in [2.24, 2.45) is 0 Å². The van der Waals surface area contributed by atoms with Gasteiger partial charge in [0.25, 0.3) is 21.6 Å². The molecule has 1 amide bonds. The van der Waals surface area contributed by atoms with E-state index in [0.717, 1.165) is 22.3 Å². The highest BCUT2D eigenvalue weighted by atomic mass is 32.2. The molecular weight excluding hydrogens is 394 g/mol. The minimum atomic E-state index is -4.06. The molecule has 3 rings (SSSR count). The van der Waals surface area contributed by atoms with Crippen molar-refractivity contribution in [1.29, 1.82) is 0 Å². The average Bonchev–Trinajstić information content (AvgIpc) is 3.09. The smallest absolute Gasteiger partial charge is 0.273 e. The summed E-state index contributed by atoms with van der Waals surface area (Å²) in [4.78, 5) is 25.8. The molecule has 1 N–H and O–H groups in total. The van der Waals surface area contributed by atoms with Crippen molar-refractivity contribution in [1.82, 2.24) is 4.72 Å². The summed E-state index contributed by atoms with van der Waals surface area (Å²) in [5.41, 5.74) is 0.0726. The van der Waals surface area contributed by atoms with E-state index in [-0.39, 0.29) is 15.5 Å². The fraction of sp³-hybridized carbons (Fsp3) is 0.312. The van der Waals surface area contributed by atoms with Gasteiger partial charge in [-0.1, -0.05) is 0 Å². The molecule has 1 fully saturated rings. The minimum Gasteiger partial charge on any atom is -0.378 e. The number of aryl methyl sites for hydroxylation is 1. The lowest BCUT2D eigenvalue weighted by molar-refractivity contribution is -0.384. The van der Waals surface area contributed by atoms with Crippen LogP contribution < -0.4 is 9.62 Å². The van der Waals surface area contributed by atoms with E-state index in [2.05, 4.69) is 0 Å². The zero-order valence-electron chi connectivity index (χ0n) is 14.4. The van der Waals surface area contributed by atoms with Gasteiger partial charge in [0.05, 0.1) is 29.4 Å². The van der Waals surface area contributed by atoms with E-state index in [4.69, 9.17) is 4.74 Å². The maximum Gasteiger partial charge on any atom is 0.273 e. The van der Waals surface area contributed by atoms with Crippen molar-refractivity contribution in [2.45, 2.75) is 11.1 Å². The second-order valence-electron chi connectivity index (χ2n) is 5.86. The van der Waals surface area contributed by atoms with Crippen LogP contribution in [-0.2, 0) is 14.8 Å². The molecule has 11 heteroatoms. The SMILES string of the molecule is Cc1ccc(S(=O)(=O)NC(=O)c2cc([N+](=O)[O-])ccc2N2CCOCC2)s1. The van der Waals surface area contributed by atoms with E-state index in [1.807, 2.05) is 9.62 Å². The molecule has 2 aromatic rings. The third-order valence-electron chi connectivity index (χ3n) is 3.99. The summed E-state index contributed by atoms with van der Waals surface area (Å²) in [5, 5.41) is 11.1. The van der Waals surface area contributed by atoms with Gasteiger partial charge in [-0.05, 0) is 25.1 Å². The Hall–Kier alpha value is -2.50. The quantitative estimate of drug-likeness (QED) is 0.590. The van der Waals surface area contributed by atoms with Crippen LogP contribution in [0.15, 0.2) is 34.5 Å². The number of anilines is 1. The number of nitro groups is 1. The van der Waals surface area contributed by atoms with Gasteiger partial charge in [-0.2, -0.15) is 0 Å². The number of amides is 1. The number of rotatable bonds is 5. The zero-order chi connectivity index (χ0) is 19.6.